The summed E-state index contributed by atoms with van der Waals surface area (Å²) in [7, 11) is -35.7. The highest BCUT2D eigenvalue weighted by Crippen LogP contribution is 2.35. The highest BCUT2D eigenvalue weighted by atomic mass is 28.5. The van der Waals surface area contributed by atoms with E-state index in [0.717, 1.165) is 78.4 Å². The van der Waals surface area contributed by atoms with Crippen LogP contribution in [0.15, 0.2) is 315 Å². The van der Waals surface area contributed by atoms with Crippen molar-refractivity contribution in [1.82, 2.24) is 0 Å². The quantitative estimate of drug-likeness (QED) is 0.0345. The average Bonchev–Trinajstić information content (AvgIpc) is 0.743. The number of aryl methyl sites for hydroxylation is 1. The summed E-state index contributed by atoms with van der Waals surface area (Å²) in [6.45, 7) is 26.6. The zero-order valence-electron chi connectivity index (χ0n) is 64.2. The first-order valence-electron chi connectivity index (χ1n) is 37.3. The van der Waals surface area contributed by atoms with Gasteiger partial charge < -0.3 is 41.8 Å². The van der Waals surface area contributed by atoms with E-state index < -0.39 is 85.1 Å². The van der Waals surface area contributed by atoms with Gasteiger partial charge in [0.05, 0.1) is 11.1 Å². The predicted molar refractivity (Wildman–Crippen MR) is 462 cm³/mol. The summed E-state index contributed by atoms with van der Waals surface area (Å²) in [5, 5.41) is 28.2. The van der Waals surface area contributed by atoms with E-state index in [4.69, 9.17) is 41.8 Å². The van der Waals surface area contributed by atoms with Crippen molar-refractivity contribution in [3.8, 4) is 23.6 Å². The van der Waals surface area contributed by atoms with Gasteiger partial charge in [-0.1, -0.05) is 311 Å². The zero-order chi connectivity index (χ0) is 76.6. The maximum atomic E-state index is 9.81. The molecule has 0 N–H and O–H groups in total. The molecule has 0 aliphatic rings. The second kappa shape index (κ2) is 35.4. The van der Waals surface area contributed by atoms with Gasteiger partial charge in [-0.15, -0.1) is 0 Å². The molecule has 0 aliphatic carbocycles. The second-order valence-electron chi connectivity index (χ2n) is 29.4. The van der Waals surface area contributed by atoms with Gasteiger partial charge in [-0.3, -0.25) is 0 Å². The van der Waals surface area contributed by atoms with Gasteiger partial charge in [0.2, 0.25) is 8.32 Å². The Morgan fingerprint density at radius 1 is 0.269 bits per heavy atom. The molecule has 9 unspecified atom stereocenters. The molecule has 12 nitrogen and oxygen atoms in total. The van der Waals surface area contributed by atoms with Crippen LogP contribution in [0, 0.1) is 22.7 Å². The van der Waals surface area contributed by atoms with Gasteiger partial charge in [-0.05, 0) is 173 Å². The van der Waals surface area contributed by atoms with Crippen molar-refractivity contribution >= 4 is 132 Å². The number of hydrogen-bond acceptors (Lipinski definition) is 12. The molecule has 0 heterocycles. The van der Waals surface area contributed by atoms with Crippen LogP contribution in [0.3, 0.4) is 0 Å². The van der Waals surface area contributed by atoms with E-state index >= 15 is 0 Å². The first kappa shape index (κ1) is 81.0. The van der Waals surface area contributed by atoms with Crippen molar-refractivity contribution in [2.24, 2.45) is 0 Å². The maximum Gasteiger partial charge on any atom is 0.352 e. The molecular weight excluding hydrogens is 1500 g/mol. The topological polar surface area (TPSA) is 140 Å². The van der Waals surface area contributed by atoms with Crippen LogP contribution in [-0.2, 0) is 43.5 Å². The van der Waals surface area contributed by atoms with E-state index in [0.29, 0.717) is 23.5 Å². The van der Waals surface area contributed by atoms with Crippen LogP contribution >= 0.6 is 0 Å². The van der Waals surface area contributed by atoms with Crippen molar-refractivity contribution in [2.75, 3.05) is 0 Å². The molecule has 0 aromatic heterocycles. The third-order valence-electron chi connectivity index (χ3n) is 20.1. The Labute approximate surface area is 651 Å². The van der Waals surface area contributed by atoms with Crippen LogP contribution in [0.1, 0.15) is 42.9 Å². The molecule has 11 aromatic rings. The number of benzene rings is 11. The Kier molecular flexibility index (Phi) is 26.5. The van der Waals surface area contributed by atoms with Crippen molar-refractivity contribution in [1.29, 1.82) is 10.5 Å². The monoisotopic (exact) mass is 1600 g/mol. The first-order valence-corrected chi connectivity index (χ1v) is 61.6. The lowest BCUT2D eigenvalue weighted by molar-refractivity contribution is 0.271. The van der Waals surface area contributed by atoms with Crippen LogP contribution < -0.4 is 51.4 Å². The third kappa shape index (κ3) is 19.8. The van der Waals surface area contributed by atoms with Crippen LogP contribution in [0.25, 0.3) is 0 Å². The van der Waals surface area contributed by atoms with E-state index in [2.05, 4.69) is 328 Å². The van der Waals surface area contributed by atoms with Gasteiger partial charge in [0.25, 0.3) is 0 Å². The lowest BCUT2D eigenvalue weighted by atomic mass is 10.1. The van der Waals surface area contributed by atoms with Crippen molar-refractivity contribution in [3.63, 3.8) is 0 Å². The molecular formula is C86H100N2O10Si10. The number of hydrogen-bond donors (Lipinski definition) is 0. The maximum absolute atomic E-state index is 9.81. The molecule has 0 aliphatic heterocycles. The number of nitriles is 2. The van der Waals surface area contributed by atoms with Gasteiger partial charge >= 0.3 is 68.5 Å². The first-order chi connectivity index (χ1) is 51.8. The smallest absolute Gasteiger partial charge is 0.352 e. The minimum absolute atomic E-state index is 0.268. The average molecular weight is 1600 g/mol. The van der Waals surface area contributed by atoms with Gasteiger partial charge in [0.1, 0.15) is 23.6 Å². The van der Waals surface area contributed by atoms with Gasteiger partial charge in [-0.2, -0.15) is 10.5 Å². The second-order valence-corrected chi connectivity index (χ2v) is 64.0. The van der Waals surface area contributed by atoms with E-state index in [1.165, 1.54) is 5.19 Å². The number of rotatable bonds is 36. The largest absolute Gasteiger partial charge is 0.457 e. The molecule has 0 fully saturated rings. The number of para-hydroxylation sites is 1. The summed E-state index contributed by atoms with van der Waals surface area (Å²) in [6.07, 6.45) is 3.58. The van der Waals surface area contributed by atoms with Crippen molar-refractivity contribution in [3.05, 3.63) is 332 Å². The van der Waals surface area contributed by atoms with Crippen LogP contribution in [0.5, 0.6) is 11.5 Å². The molecule has 0 amide bonds. The fourth-order valence-electron chi connectivity index (χ4n) is 14.6. The summed E-state index contributed by atoms with van der Waals surface area (Å²) in [5.74, 6) is 1.19. The fourth-order valence-corrected chi connectivity index (χ4v) is 65.9. The highest BCUT2D eigenvalue weighted by molar-refractivity contribution is 7.06. The zero-order valence-corrected chi connectivity index (χ0v) is 74.2. The van der Waals surface area contributed by atoms with Crippen molar-refractivity contribution in [2.45, 2.75) is 117 Å². The number of nitrogens with zero attached hydrogens (tertiary/aromatic N) is 2. The highest BCUT2D eigenvalue weighted by Gasteiger charge is 2.60. The molecule has 108 heavy (non-hydrogen) atoms. The molecule has 9 atom stereocenters. The number of ether oxygens (including phenoxy) is 1. The molecule has 22 heteroatoms. The summed E-state index contributed by atoms with van der Waals surface area (Å²) in [6, 6.07) is 113. The normalized spacial score (nSPS) is 16.8. The minimum atomic E-state index is -3.95. The third-order valence-corrected chi connectivity index (χ3v) is 64.5. The minimum Gasteiger partial charge on any atom is -0.457 e. The molecule has 0 saturated heterocycles. The molecule has 11 rings (SSSR count). The van der Waals surface area contributed by atoms with Gasteiger partial charge in [0, 0.05) is 0 Å². The van der Waals surface area contributed by atoms with E-state index in [9.17, 15) is 10.5 Å². The van der Waals surface area contributed by atoms with Gasteiger partial charge in [0.15, 0.2) is 8.32 Å². The summed E-state index contributed by atoms with van der Waals surface area (Å²) >= 11 is 0. The number of unbranched alkanes of at least 4 members (excludes halogenated alkanes) is 1. The molecule has 0 saturated carbocycles. The summed E-state index contributed by atoms with van der Waals surface area (Å²) < 4.78 is 80.4. The summed E-state index contributed by atoms with van der Waals surface area (Å²) in [5.41, 5.74) is 1.60. The predicted octanol–water partition coefficient (Wildman–Crippen LogP) is 15.6. The standard InChI is InChI=1S/C86H100N2O10Si10/c1-13-14-69-100(4,77-47-24-15-25-48-77)91-102(6,79-51-28-17-29-52-79)93-104(8,81-55-32-19-33-56-81)95-106(10,83-59-36-21-37-60-83)97-108(12,85-63-40-23-41-64-85)98-107(11,84-61-38-22-39-62-84)96-105(9,82-57-34-20-35-58-82)94-103(7,80-53-30-18-31-54-80)92-101(5,78-49-26-16-27-50-78)90-99(2,3)68-44-46-73-45-42-43-65-86(73)89-76-67-66-74(71-87)75(70-76)72-88/h15-43,45,47-67,70H,13-14,44,46,68-69H2,1-12H3. The Bertz CT molecular complexity index is 4790. The Morgan fingerprint density at radius 2 is 0.537 bits per heavy atom. The van der Waals surface area contributed by atoms with E-state index in [1.807, 2.05) is 60.7 Å². The van der Waals surface area contributed by atoms with Crippen LogP contribution in [-0.4, -0.2) is 85.1 Å². The lowest BCUT2D eigenvalue weighted by Crippen LogP contribution is -2.76. The molecule has 11 aromatic carbocycles. The van der Waals surface area contributed by atoms with Crippen LogP contribution in [0.4, 0.5) is 0 Å². The lowest BCUT2D eigenvalue weighted by Gasteiger charge is -2.49. The molecule has 0 spiro atoms. The molecule has 0 bridgehead atoms. The van der Waals surface area contributed by atoms with Crippen molar-refractivity contribution < 1.29 is 41.8 Å². The summed E-state index contributed by atoms with van der Waals surface area (Å²) in [4.78, 5) is 0. The Morgan fingerprint density at radius 3 is 0.833 bits per heavy atom. The van der Waals surface area contributed by atoms with E-state index in [-0.39, 0.29) is 5.56 Å². The Balaban J connectivity index is 0.986. The van der Waals surface area contributed by atoms with Crippen LogP contribution in [0.2, 0.25) is 84.1 Å². The Hall–Kier alpha value is -7.99. The van der Waals surface area contributed by atoms with Gasteiger partial charge in [-0.25, -0.2) is 0 Å². The molecule has 0 radical (unpaired) electrons. The molecule has 554 valence electrons. The fraction of sp³-hybridized carbons (Fsp3) is 0.209. The SMILES string of the molecule is CCCC[Si](C)(O[Si](C)(O[Si](C)(O[Si](C)(O[Si](C)(O[Si](C)(O[Si](C)(O[Si](C)(O[Si](C)(O[Si](C)(C)CCCc1ccccc1Oc1ccc(C#N)c(C#N)c1)c1ccccc1)c1ccccc1)c1ccccc1)c1ccccc1)c1ccccc1)c1ccccc1)c1ccccc1)c1ccccc1)c1ccccc1. The van der Waals surface area contributed by atoms with E-state index in [1.54, 1.807) is 18.2 Å².